The van der Waals surface area contributed by atoms with E-state index in [1.54, 1.807) is 42.6 Å². The van der Waals surface area contributed by atoms with Gasteiger partial charge < -0.3 is 9.84 Å². The molecular weight excluding hydrogens is 362 g/mol. The number of benzene rings is 1. The topological polar surface area (TPSA) is 85.1 Å². The predicted octanol–water partition coefficient (Wildman–Crippen LogP) is 4.43. The number of hydrogen-bond donors (Lipinski definition) is 1. The molecule has 3 rings (SSSR count). The van der Waals surface area contributed by atoms with E-state index in [9.17, 15) is 9.59 Å². The molecule has 3 aromatic rings. The van der Waals surface area contributed by atoms with E-state index >= 15 is 0 Å². The van der Waals surface area contributed by atoms with E-state index in [2.05, 4.69) is 15.5 Å². The monoisotopic (exact) mass is 381 g/mol. The Labute approximate surface area is 161 Å². The van der Waals surface area contributed by atoms with Crippen LogP contribution in [0.25, 0.3) is 0 Å². The first-order chi connectivity index (χ1) is 13.0. The van der Waals surface area contributed by atoms with Gasteiger partial charge in [-0.3, -0.25) is 9.59 Å². The van der Waals surface area contributed by atoms with Crippen LogP contribution in [0, 0.1) is 13.8 Å². The normalized spacial score (nSPS) is 10.6. The van der Waals surface area contributed by atoms with Gasteiger partial charge in [-0.2, -0.15) is 0 Å². The average molecular weight is 381 g/mol. The standard InChI is InChI=1S/C20H19N3O3S/c1-12-18(14(3)26-23-12)11-27-20-17(8-5-9-21-20)19(25)22-16-7-4-6-15(10-16)13(2)24/h4-10H,11H2,1-3H3,(H,22,25). The lowest BCUT2D eigenvalue weighted by molar-refractivity contribution is 0.101. The van der Waals surface area contributed by atoms with Crippen LogP contribution in [0.4, 0.5) is 5.69 Å². The van der Waals surface area contributed by atoms with E-state index in [1.807, 2.05) is 13.8 Å². The molecule has 0 saturated carbocycles. The zero-order valence-corrected chi connectivity index (χ0v) is 16.1. The quantitative estimate of drug-likeness (QED) is 0.502. The summed E-state index contributed by atoms with van der Waals surface area (Å²) in [5.74, 6) is 1.05. The maximum Gasteiger partial charge on any atom is 0.258 e. The molecule has 7 heteroatoms. The molecule has 27 heavy (non-hydrogen) atoms. The Balaban J connectivity index is 1.78. The summed E-state index contributed by atoms with van der Waals surface area (Å²) >= 11 is 1.45. The Kier molecular flexibility index (Phi) is 5.71. The molecule has 0 aliphatic rings. The zero-order chi connectivity index (χ0) is 19.4. The first-order valence-corrected chi connectivity index (χ1v) is 9.36. The van der Waals surface area contributed by atoms with Crippen molar-refractivity contribution in [3.8, 4) is 0 Å². The molecule has 0 atom stereocenters. The van der Waals surface area contributed by atoms with Crippen molar-refractivity contribution in [2.45, 2.75) is 31.6 Å². The van der Waals surface area contributed by atoms with Gasteiger partial charge >= 0.3 is 0 Å². The second-order valence-corrected chi connectivity index (χ2v) is 7.00. The maximum atomic E-state index is 12.7. The number of amides is 1. The first kappa shape index (κ1) is 18.8. The van der Waals surface area contributed by atoms with Crippen LogP contribution in [0.1, 0.15) is 44.7 Å². The van der Waals surface area contributed by atoms with Crippen molar-refractivity contribution >= 4 is 29.1 Å². The number of rotatable bonds is 6. The number of Topliss-reactive ketones (excluding diaryl/α,β-unsaturated/α-hetero) is 1. The third-order valence-electron chi connectivity index (χ3n) is 4.08. The van der Waals surface area contributed by atoms with Gasteiger partial charge in [-0.25, -0.2) is 4.98 Å². The van der Waals surface area contributed by atoms with Gasteiger partial charge in [0.25, 0.3) is 5.91 Å². The Bertz CT molecular complexity index is 978. The minimum Gasteiger partial charge on any atom is -0.361 e. The summed E-state index contributed by atoms with van der Waals surface area (Å²) in [7, 11) is 0. The van der Waals surface area contributed by atoms with Crippen LogP contribution < -0.4 is 5.32 Å². The lowest BCUT2D eigenvalue weighted by Gasteiger charge is -2.10. The van der Waals surface area contributed by atoms with Crippen LogP contribution >= 0.6 is 11.8 Å². The van der Waals surface area contributed by atoms with Crippen molar-refractivity contribution in [1.82, 2.24) is 10.1 Å². The number of pyridine rings is 1. The van der Waals surface area contributed by atoms with Crippen molar-refractivity contribution in [3.05, 3.63) is 70.7 Å². The minimum atomic E-state index is -0.273. The molecule has 0 fully saturated rings. The molecule has 0 aliphatic heterocycles. The number of nitrogens with one attached hydrogen (secondary N) is 1. The smallest absolute Gasteiger partial charge is 0.258 e. The molecule has 0 saturated heterocycles. The number of carbonyl (C=O) groups is 2. The molecule has 0 unspecified atom stereocenters. The Morgan fingerprint density at radius 2 is 2.00 bits per heavy atom. The van der Waals surface area contributed by atoms with E-state index in [4.69, 9.17) is 4.52 Å². The lowest BCUT2D eigenvalue weighted by atomic mass is 10.1. The van der Waals surface area contributed by atoms with Gasteiger partial charge in [-0.15, -0.1) is 11.8 Å². The predicted molar refractivity (Wildman–Crippen MR) is 104 cm³/mol. The Morgan fingerprint density at radius 3 is 2.70 bits per heavy atom. The van der Waals surface area contributed by atoms with Crippen LogP contribution in [0.2, 0.25) is 0 Å². The first-order valence-electron chi connectivity index (χ1n) is 8.37. The second kappa shape index (κ2) is 8.18. The van der Waals surface area contributed by atoms with Crippen molar-refractivity contribution in [2.75, 3.05) is 5.32 Å². The number of nitrogens with zero attached hydrogens (tertiary/aromatic N) is 2. The minimum absolute atomic E-state index is 0.0526. The fraction of sp³-hybridized carbons (Fsp3) is 0.200. The average Bonchev–Trinajstić information content (AvgIpc) is 2.98. The highest BCUT2D eigenvalue weighted by molar-refractivity contribution is 7.98. The molecular formula is C20H19N3O3S. The molecule has 1 aromatic carbocycles. The van der Waals surface area contributed by atoms with E-state index < -0.39 is 0 Å². The van der Waals surface area contributed by atoms with Gasteiger partial charge in [0.2, 0.25) is 0 Å². The summed E-state index contributed by atoms with van der Waals surface area (Å²) in [5, 5.41) is 7.41. The zero-order valence-electron chi connectivity index (χ0n) is 15.3. The fourth-order valence-electron chi connectivity index (χ4n) is 2.54. The molecule has 0 radical (unpaired) electrons. The molecule has 138 valence electrons. The number of aromatic nitrogens is 2. The molecule has 0 spiro atoms. The number of thioether (sulfide) groups is 1. The SMILES string of the molecule is CC(=O)c1cccc(NC(=O)c2cccnc2SCc2c(C)noc2C)c1. The molecule has 0 bridgehead atoms. The van der Waals surface area contributed by atoms with Gasteiger partial charge in [0.1, 0.15) is 10.8 Å². The summed E-state index contributed by atoms with van der Waals surface area (Å²) in [6.07, 6.45) is 1.66. The summed E-state index contributed by atoms with van der Waals surface area (Å²) in [6, 6.07) is 10.3. The lowest BCUT2D eigenvalue weighted by Crippen LogP contribution is -2.14. The summed E-state index contributed by atoms with van der Waals surface area (Å²) in [4.78, 5) is 28.6. The third kappa shape index (κ3) is 4.43. The second-order valence-electron chi connectivity index (χ2n) is 6.04. The maximum absolute atomic E-state index is 12.7. The largest absolute Gasteiger partial charge is 0.361 e. The fourth-order valence-corrected chi connectivity index (χ4v) is 3.69. The third-order valence-corrected chi connectivity index (χ3v) is 5.11. The highest BCUT2D eigenvalue weighted by Gasteiger charge is 2.16. The van der Waals surface area contributed by atoms with Crippen molar-refractivity contribution in [1.29, 1.82) is 0 Å². The number of anilines is 1. The highest BCUT2D eigenvalue weighted by atomic mass is 32.2. The van der Waals surface area contributed by atoms with Crippen molar-refractivity contribution in [3.63, 3.8) is 0 Å². The van der Waals surface area contributed by atoms with E-state index in [0.29, 0.717) is 27.6 Å². The Morgan fingerprint density at radius 1 is 1.19 bits per heavy atom. The summed E-state index contributed by atoms with van der Waals surface area (Å²) in [5.41, 5.74) is 3.43. The van der Waals surface area contributed by atoms with Crippen LogP contribution in [0.3, 0.4) is 0 Å². The van der Waals surface area contributed by atoms with E-state index in [1.165, 1.54) is 18.7 Å². The van der Waals surface area contributed by atoms with Crippen LogP contribution in [0.5, 0.6) is 0 Å². The van der Waals surface area contributed by atoms with E-state index in [0.717, 1.165) is 17.0 Å². The highest BCUT2D eigenvalue weighted by Crippen LogP contribution is 2.27. The van der Waals surface area contributed by atoms with Crippen LogP contribution in [0.15, 0.2) is 52.1 Å². The van der Waals surface area contributed by atoms with E-state index in [-0.39, 0.29) is 11.7 Å². The number of aryl methyl sites for hydroxylation is 2. The molecule has 0 aliphatic carbocycles. The summed E-state index contributed by atoms with van der Waals surface area (Å²) in [6.45, 7) is 5.25. The summed E-state index contributed by atoms with van der Waals surface area (Å²) < 4.78 is 5.18. The van der Waals surface area contributed by atoms with Crippen LogP contribution in [-0.2, 0) is 5.75 Å². The van der Waals surface area contributed by atoms with Gasteiger partial charge in [-0.1, -0.05) is 17.3 Å². The van der Waals surface area contributed by atoms with Gasteiger partial charge in [-0.05, 0) is 45.0 Å². The van der Waals surface area contributed by atoms with Crippen molar-refractivity contribution in [2.24, 2.45) is 0 Å². The molecule has 2 heterocycles. The van der Waals surface area contributed by atoms with Crippen molar-refractivity contribution < 1.29 is 14.1 Å². The molecule has 6 nitrogen and oxygen atoms in total. The van der Waals surface area contributed by atoms with Gasteiger partial charge in [0, 0.05) is 28.8 Å². The van der Waals surface area contributed by atoms with Crippen LogP contribution in [-0.4, -0.2) is 21.8 Å². The van der Waals surface area contributed by atoms with Gasteiger partial charge in [0.15, 0.2) is 5.78 Å². The molecule has 2 aromatic heterocycles. The van der Waals surface area contributed by atoms with Gasteiger partial charge in [0.05, 0.1) is 11.3 Å². The molecule has 1 N–H and O–H groups in total. The number of hydrogen-bond acceptors (Lipinski definition) is 6. The Hall–Kier alpha value is -2.93. The molecule has 1 amide bonds. The number of carbonyl (C=O) groups excluding carboxylic acids is 2. The number of ketones is 1.